The van der Waals surface area contributed by atoms with Gasteiger partial charge in [-0.2, -0.15) is 5.48 Å². The molecule has 0 fully saturated rings. The summed E-state index contributed by atoms with van der Waals surface area (Å²) in [6, 6.07) is 0. The molecule has 43 valence electrons. The first-order valence-electron chi connectivity index (χ1n) is 2.62. The fourth-order valence-electron chi connectivity index (χ4n) is 0.348. The first-order chi connectivity index (χ1) is 3.27. The monoisotopic (exact) mass is 102 g/mol. The Morgan fingerprint density at radius 1 is 1.57 bits per heavy atom. The van der Waals surface area contributed by atoms with E-state index in [0.29, 0.717) is 12.5 Å². The van der Waals surface area contributed by atoms with Gasteiger partial charge >= 0.3 is 0 Å². The van der Waals surface area contributed by atoms with Crippen molar-refractivity contribution in [3.63, 3.8) is 0 Å². The van der Waals surface area contributed by atoms with Crippen LogP contribution in [-0.4, -0.2) is 6.54 Å². The van der Waals surface area contributed by atoms with E-state index < -0.39 is 0 Å². The second-order valence-electron chi connectivity index (χ2n) is 2.08. The van der Waals surface area contributed by atoms with Gasteiger partial charge in [0.1, 0.15) is 0 Å². The summed E-state index contributed by atoms with van der Waals surface area (Å²) in [4.78, 5) is 0. The highest BCUT2D eigenvalue weighted by Gasteiger charge is 1.89. The van der Waals surface area contributed by atoms with E-state index in [1.807, 2.05) is 5.48 Å². The van der Waals surface area contributed by atoms with Crippen LogP contribution in [0.3, 0.4) is 0 Å². The van der Waals surface area contributed by atoms with Crippen LogP contribution >= 0.6 is 0 Å². The smallest absolute Gasteiger partial charge is 0.0243 e. The van der Waals surface area contributed by atoms with E-state index in [0.717, 1.165) is 6.42 Å². The zero-order valence-corrected chi connectivity index (χ0v) is 4.90. The maximum atomic E-state index is 9.58. The van der Waals surface area contributed by atoms with Crippen molar-refractivity contribution in [1.29, 1.82) is 0 Å². The molecule has 7 heavy (non-hydrogen) atoms. The third-order valence-corrected chi connectivity index (χ3v) is 0.824. The highest BCUT2D eigenvalue weighted by molar-refractivity contribution is 4.42. The molecule has 1 N–H and O–H groups in total. The zero-order valence-electron chi connectivity index (χ0n) is 4.90. The molecule has 0 aliphatic heterocycles. The van der Waals surface area contributed by atoms with Crippen molar-refractivity contribution in [2.24, 2.45) is 5.92 Å². The highest BCUT2D eigenvalue weighted by Crippen LogP contribution is 1.94. The Kier molecular flexibility index (Phi) is 4.04. The molecule has 2 nitrogen and oxygen atoms in total. The lowest BCUT2D eigenvalue weighted by Crippen LogP contribution is -2.08. The molecule has 0 aliphatic carbocycles. The van der Waals surface area contributed by atoms with Gasteiger partial charge in [-0.1, -0.05) is 13.8 Å². The third-order valence-electron chi connectivity index (χ3n) is 0.824. The Morgan fingerprint density at radius 3 is 2.29 bits per heavy atom. The van der Waals surface area contributed by atoms with E-state index >= 15 is 0 Å². The minimum atomic E-state index is 0.595. The fourth-order valence-corrected chi connectivity index (χ4v) is 0.348. The predicted octanol–water partition coefficient (Wildman–Crippen LogP) is 0.968. The minimum absolute atomic E-state index is 0.595. The molecule has 0 unspecified atom stereocenters. The first kappa shape index (κ1) is 6.92. The van der Waals surface area contributed by atoms with Gasteiger partial charge in [-0.05, 0) is 12.3 Å². The van der Waals surface area contributed by atoms with E-state index in [1.54, 1.807) is 0 Å². The van der Waals surface area contributed by atoms with Gasteiger partial charge in [0.2, 0.25) is 0 Å². The quantitative estimate of drug-likeness (QED) is 0.529. The molecule has 0 bridgehead atoms. The van der Waals surface area contributed by atoms with Crippen LogP contribution in [0, 0.1) is 5.92 Å². The molecule has 0 heterocycles. The van der Waals surface area contributed by atoms with Gasteiger partial charge in [0.25, 0.3) is 0 Å². The van der Waals surface area contributed by atoms with Crippen molar-refractivity contribution in [3.05, 3.63) is 0 Å². The van der Waals surface area contributed by atoms with E-state index in [-0.39, 0.29) is 0 Å². The molecule has 0 rings (SSSR count). The van der Waals surface area contributed by atoms with Gasteiger partial charge in [0.15, 0.2) is 0 Å². The van der Waals surface area contributed by atoms with Crippen molar-refractivity contribution in [1.82, 2.24) is 5.48 Å². The Bertz CT molecular complexity index is 37.1. The van der Waals surface area contributed by atoms with Crippen molar-refractivity contribution >= 4 is 0 Å². The van der Waals surface area contributed by atoms with Crippen molar-refractivity contribution in [3.8, 4) is 0 Å². The minimum Gasteiger partial charge on any atom is -0.168 e. The maximum Gasteiger partial charge on any atom is 0.0243 e. The van der Waals surface area contributed by atoms with Gasteiger partial charge in [-0.15, -0.1) is 5.21 Å². The standard InChI is InChI=1S/C5H12NO/c1-5(2)3-4-6-7/h5-6H,3-4H2,1-2H3. The molecule has 0 aromatic carbocycles. The molecule has 0 aromatic heterocycles. The molecule has 0 saturated carbocycles. The lowest BCUT2D eigenvalue weighted by atomic mass is 10.1. The van der Waals surface area contributed by atoms with Crippen LogP contribution in [-0.2, 0) is 5.21 Å². The summed E-state index contributed by atoms with van der Waals surface area (Å²) < 4.78 is 0. The Labute approximate surface area is 44.5 Å². The molecular formula is C5H12NO. The molecule has 0 saturated heterocycles. The van der Waals surface area contributed by atoms with Crippen LogP contribution < -0.4 is 5.48 Å². The normalized spacial score (nSPS) is 10.3. The zero-order chi connectivity index (χ0) is 5.70. The second kappa shape index (κ2) is 4.09. The van der Waals surface area contributed by atoms with Crippen LogP contribution in [0.15, 0.2) is 0 Å². The fraction of sp³-hybridized carbons (Fsp3) is 1.00. The van der Waals surface area contributed by atoms with E-state index in [4.69, 9.17) is 0 Å². The predicted molar refractivity (Wildman–Crippen MR) is 28.1 cm³/mol. The summed E-state index contributed by atoms with van der Waals surface area (Å²) in [5, 5.41) is 9.58. The second-order valence-corrected chi connectivity index (χ2v) is 2.08. The molecule has 0 atom stereocenters. The van der Waals surface area contributed by atoms with Gasteiger partial charge in [-0.25, -0.2) is 0 Å². The first-order valence-corrected chi connectivity index (χ1v) is 2.62. The summed E-state index contributed by atoms with van der Waals surface area (Å²) in [6.45, 7) is 4.78. The Hall–Kier alpha value is -0.0800. The van der Waals surface area contributed by atoms with E-state index in [2.05, 4.69) is 13.8 Å². The molecule has 2 heteroatoms. The number of rotatable bonds is 3. The van der Waals surface area contributed by atoms with Gasteiger partial charge in [0, 0.05) is 6.54 Å². The van der Waals surface area contributed by atoms with Crippen molar-refractivity contribution < 1.29 is 5.21 Å². The summed E-state index contributed by atoms with van der Waals surface area (Å²) in [5.74, 6) is 0.640. The Morgan fingerprint density at radius 2 is 2.14 bits per heavy atom. The Balaban J connectivity index is 2.68. The molecule has 0 aliphatic rings. The molecule has 0 aromatic rings. The summed E-state index contributed by atoms with van der Waals surface area (Å²) in [7, 11) is 0. The lowest BCUT2D eigenvalue weighted by Gasteiger charge is -1.98. The topological polar surface area (TPSA) is 31.9 Å². The van der Waals surface area contributed by atoms with Crippen molar-refractivity contribution in [2.75, 3.05) is 6.54 Å². The van der Waals surface area contributed by atoms with Crippen LogP contribution in [0.1, 0.15) is 20.3 Å². The van der Waals surface area contributed by atoms with Crippen molar-refractivity contribution in [2.45, 2.75) is 20.3 Å². The third kappa shape index (κ3) is 5.92. The van der Waals surface area contributed by atoms with Crippen LogP contribution in [0.2, 0.25) is 0 Å². The average molecular weight is 102 g/mol. The lowest BCUT2D eigenvalue weighted by molar-refractivity contribution is 0.0728. The number of hydrogen-bond acceptors (Lipinski definition) is 1. The number of hydrogen-bond donors (Lipinski definition) is 1. The summed E-state index contributed by atoms with van der Waals surface area (Å²) >= 11 is 0. The number of nitrogens with one attached hydrogen (secondary N) is 1. The van der Waals surface area contributed by atoms with Gasteiger partial charge in [0.05, 0.1) is 0 Å². The molecule has 1 radical (unpaired) electrons. The SMILES string of the molecule is CC(C)CCN[O]. The maximum absolute atomic E-state index is 9.58. The summed E-state index contributed by atoms with van der Waals surface area (Å²) in [6.07, 6.45) is 0.976. The van der Waals surface area contributed by atoms with E-state index in [9.17, 15) is 5.21 Å². The highest BCUT2D eigenvalue weighted by atomic mass is 16.5. The molecule has 0 spiro atoms. The largest absolute Gasteiger partial charge is 0.168 e. The molecular weight excluding hydrogens is 90.1 g/mol. The summed E-state index contributed by atoms with van der Waals surface area (Å²) in [5.41, 5.74) is 1.85. The number of hydroxylamine groups is 1. The van der Waals surface area contributed by atoms with Gasteiger partial charge < -0.3 is 0 Å². The van der Waals surface area contributed by atoms with Crippen LogP contribution in [0.5, 0.6) is 0 Å². The van der Waals surface area contributed by atoms with E-state index in [1.165, 1.54) is 0 Å². The van der Waals surface area contributed by atoms with Gasteiger partial charge in [-0.3, -0.25) is 0 Å². The average Bonchev–Trinajstić information content (AvgIpc) is 1.61. The van der Waals surface area contributed by atoms with Crippen LogP contribution in [0.25, 0.3) is 0 Å². The van der Waals surface area contributed by atoms with Crippen LogP contribution in [0.4, 0.5) is 0 Å². The molecule has 0 amide bonds.